The van der Waals surface area contributed by atoms with E-state index in [1.54, 1.807) is 24.3 Å². The lowest BCUT2D eigenvalue weighted by molar-refractivity contribution is 0.0979. The molecule has 98 valence electrons. The van der Waals surface area contributed by atoms with Gasteiger partial charge in [0, 0.05) is 12.0 Å². The molecule has 18 heavy (non-hydrogen) atoms. The Hall–Kier alpha value is -1.13. The Morgan fingerprint density at radius 1 is 1.28 bits per heavy atom. The van der Waals surface area contributed by atoms with Crippen LogP contribution in [0.1, 0.15) is 49.9 Å². The summed E-state index contributed by atoms with van der Waals surface area (Å²) in [6.45, 7) is 4.35. The summed E-state index contributed by atoms with van der Waals surface area (Å²) >= 11 is 0. The van der Waals surface area contributed by atoms with Gasteiger partial charge in [-0.2, -0.15) is 0 Å². The lowest BCUT2D eigenvalue weighted by Gasteiger charge is -2.05. The average molecular weight is 248 g/mol. The van der Waals surface area contributed by atoms with Crippen LogP contribution in [0.2, 0.25) is 0 Å². The van der Waals surface area contributed by atoms with Crippen LogP contribution in [0.4, 0.5) is 0 Å². The summed E-state index contributed by atoms with van der Waals surface area (Å²) in [5.41, 5.74) is 0.924. The fourth-order valence-electron chi connectivity index (χ4n) is 1.86. The van der Waals surface area contributed by atoms with Gasteiger partial charge < -0.3 is 10.0 Å². The molecule has 0 amide bonds. The standard InChI is InChI=1S/C14H21BO3/c1-11(2)6-3-4-9-14(16)12-7-5-8-13(10-12)15(17)18/h5,7-8,10-11,17-18H,3-4,6,9H2,1-2H3. The maximum absolute atomic E-state index is 11.9. The molecular weight excluding hydrogens is 227 g/mol. The number of carbonyl (C=O) groups excluding carboxylic acids is 1. The Balaban J connectivity index is 2.48. The topological polar surface area (TPSA) is 57.5 Å². The van der Waals surface area contributed by atoms with Crippen LogP contribution in [-0.4, -0.2) is 22.9 Å². The Bertz CT molecular complexity index is 388. The van der Waals surface area contributed by atoms with Crippen molar-refractivity contribution in [1.82, 2.24) is 0 Å². The summed E-state index contributed by atoms with van der Waals surface area (Å²) in [5, 5.41) is 18.1. The molecule has 0 fully saturated rings. The zero-order valence-corrected chi connectivity index (χ0v) is 11.1. The van der Waals surface area contributed by atoms with Gasteiger partial charge in [-0.05, 0) is 17.8 Å². The lowest BCUT2D eigenvalue weighted by Crippen LogP contribution is -2.30. The molecule has 0 bridgehead atoms. The van der Waals surface area contributed by atoms with E-state index in [4.69, 9.17) is 10.0 Å². The molecule has 0 saturated heterocycles. The molecule has 0 atom stereocenters. The highest BCUT2D eigenvalue weighted by Crippen LogP contribution is 2.11. The minimum Gasteiger partial charge on any atom is -0.423 e. The molecule has 1 rings (SSSR count). The van der Waals surface area contributed by atoms with Crippen molar-refractivity contribution in [3.63, 3.8) is 0 Å². The molecule has 1 aromatic rings. The normalized spacial score (nSPS) is 10.7. The molecule has 0 heterocycles. The van der Waals surface area contributed by atoms with Crippen molar-refractivity contribution >= 4 is 18.4 Å². The molecule has 0 aliphatic rings. The van der Waals surface area contributed by atoms with Crippen molar-refractivity contribution in [2.75, 3.05) is 0 Å². The van der Waals surface area contributed by atoms with Crippen LogP contribution < -0.4 is 5.46 Å². The summed E-state index contributed by atoms with van der Waals surface area (Å²) in [4.78, 5) is 11.9. The van der Waals surface area contributed by atoms with Crippen molar-refractivity contribution in [2.24, 2.45) is 5.92 Å². The smallest absolute Gasteiger partial charge is 0.423 e. The summed E-state index contributed by atoms with van der Waals surface area (Å²) in [6, 6.07) is 6.54. The summed E-state index contributed by atoms with van der Waals surface area (Å²) in [5.74, 6) is 0.745. The first-order valence-electron chi connectivity index (χ1n) is 6.50. The number of benzene rings is 1. The van der Waals surface area contributed by atoms with E-state index in [1.807, 2.05) is 0 Å². The van der Waals surface area contributed by atoms with Crippen molar-refractivity contribution in [3.8, 4) is 0 Å². The van der Waals surface area contributed by atoms with Crippen LogP contribution in [0.3, 0.4) is 0 Å². The molecule has 3 nitrogen and oxygen atoms in total. The van der Waals surface area contributed by atoms with Gasteiger partial charge in [-0.15, -0.1) is 0 Å². The number of unbranched alkanes of at least 4 members (excludes halogenated alkanes) is 1. The number of carbonyl (C=O) groups is 1. The summed E-state index contributed by atoms with van der Waals surface area (Å²) in [7, 11) is -1.52. The van der Waals surface area contributed by atoms with Gasteiger partial charge in [-0.1, -0.05) is 51.0 Å². The van der Waals surface area contributed by atoms with Crippen molar-refractivity contribution in [2.45, 2.75) is 39.5 Å². The molecule has 0 unspecified atom stereocenters. The van der Waals surface area contributed by atoms with Crippen molar-refractivity contribution in [1.29, 1.82) is 0 Å². The number of ketones is 1. The molecule has 0 aliphatic heterocycles. The van der Waals surface area contributed by atoms with Crippen LogP contribution in [0, 0.1) is 5.92 Å². The van der Waals surface area contributed by atoms with E-state index < -0.39 is 7.12 Å². The van der Waals surface area contributed by atoms with E-state index in [0.717, 1.165) is 19.3 Å². The first-order valence-corrected chi connectivity index (χ1v) is 6.50. The van der Waals surface area contributed by atoms with Gasteiger partial charge in [0.2, 0.25) is 0 Å². The Morgan fingerprint density at radius 2 is 2.00 bits per heavy atom. The predicted molar refractivity (Wildman–Crippen MR) is 73.9 cm³/mol. The molecule has 0 radical (unpaired) electrons. The highest BCUT2D eigenvalue weighted by atomic mass is 16.4. The number of Topliss-reactive ketones (excluding diaryl/α,β-unsaturated/α-hetero) is 1. The van der Waals surface area contributed by atoms with Crippen LogP contribution in [0.15, 0.2) is 24.3 Å². The van der Waals surface area contributed by atoms with Crippen molar-refractivity contribution in [3.05, 3.63) is 29.8 Å². The first-order chi connectivity index (χ1) is 8.50. The molecule has 0 spiro atoms. The Kier molecular flexibility index (Phi) is 6.09. The predicted octanol–water partition coefficient (Wildman–Crippen LogP) is 1.77. The van der Waals surface area contributed by atoms with Gasteiger partial charge in [0.05, 0.1) is 0 Å². The monoisotopic (exact) mass is 248 g/mol. The molecule has 1 aromatic carbocycles. The third kappa shape index (κ3) is 5.02. The second kappa shape index (κ2) is 7.34. The molecular formula is C14H21BO3. The van der Waals surface area contributed by atoms with Crippen LogP contribution >= 0.6 is 0 Å². The quantitative estimate of drug-likeness (QED) is 0.439. The molecule has 0 aliphatic carbocycles. The highest BCUT2D eigenvalue weighted by Gasteiger charge is 2.13. The third-order valence-electron chi connectivity index (χ3n) is 2.94. The van der Waals surface area contributed by atoms with Gasteiger partial charge in [-0.25, -0.2) is 0 Å². The fourth-order valence-corrected chi connectivity index (χ4v) is 1.86. The zero-order chi connectivity index (χ0) is 13.5. The first kappa shape index (κ1) is 14.9. The minimum absolute atomic E-state index is 0.0706. The van der Waals surface area contributed by atoms with E-state index >= 15 is 0 Å². The van der Waals surface area contributed by atoms with E-state index in [9.17, 15) is 4.79 Å². The maximum Gasteiger partial charge on any atom is 0.488 e. The summed E-state index contributed by atoms with van der Waals surface area (Å²) in [6.07, 6.45) is 3.62. The van der Waals surface area contributed by atoms with Gasteiger partial charge >= 0.3 is 7.12 Å². The van der Waals surface area contributed by atoms with Gasteiger partial charge in [0.15, 0.2) is 5.78 Å². The van der Waals surface area contributed by atoms with Crippen LogP contribution in [0.25, 0.3) is 0 Å². The number of hydrogen-bond donors (Lipinski definition) is 2. The Labute approximate surface area is 109 Å². The van der Waals surface area contributed by atoms with E-state index in [1.165, 1.54) is 0 Å². The second-order valence-electron chi connectivity index (χ2n) is 5.06. The molecule has 0 aromatic heterocycles. The maximum atomic E-state index is 11.9. The molecule has 2 N–H and O–H groups in total. The second-order valence-corrected chi connectivity index (χ2v) is 5.06. The van der Waals surface area contributed by atoms with Crippen LogP contribution in [-0.2, 0) is 0 Å². The zero-order valence-electron chi connectivity index (χ0n) is 11.1. The van der Waals surface area contributed by atoms with Crippen molar-refractivity contribution < 1.29 is 14.8 Å². The number of hydrogen-bond acceptors (Lipinski definition) is 3. The number of rotatable bonds is 7. The summed E-state index contributed by atoms with van der Waals surface area (Å²) < 4.78 is 0. The molecule has 0 saturated carbocycles. The Morgan fingerprint density at radius 3 is 2.61 bits per heavy atom. The largest absolute Gasteiger partial charge is 0.488 e. The van der Waals surface area contributed by atoms with Crippen LogP contribution in [0.5, 0.6) is 0 Å². The fraction of sp³-hybridized carbons (Fsp3) is 0.500. The lowest BCUT2D eigenvalue weighted by atomic mass is 9.79. The van der Waals surface area contributed by atoms with Gasteiger partial charge in [0.25, 0.3) is 0 Å². The van der Waals surface area contributed by atoms with Gasteiger partial charge in [0.1, 0.15) is 0 Å². The van der Waals surface area contributed by atoms with E-state index in [2.05, 4.69) is 13.8 Å². The average Bonchev–Trinajstić information content (AvgIpc) is 2.34. The third-order valence-corrected chi connectivity index (χ3v) is 2.94. The minimum atomic E-state index is -1.52. The van der Waals surface area contributed by atoms with E-state index in [0.29, 0.717) is 23.4 Å². The van der Waals surface area contributed by atoms with E-state index in [-0.39, 0.29) is 5.78 Å². The SMILES string of the molecule is CC(C)CCCCC(=O)c1cccc(B(O)O)c1. The molecule has 4 heteroatoms. The highest BCUT2D eigenvalue weighted by molar-refractivity contribution is 6.58. The van der Waals surface area contributed by atoms with Gasteiger partial charge in [-0.3, -0.25) is 4.79 Å².